The van der Waals surface area contributed by atoms with Crippen LogP contribution in [0.25, 0.3) is 5.65 Å². The third kappa shape index (κ3) is 2.42. The van der Waals surface area contributed by atoms with E-state index >= 15 is 0 Å². The smallest absolute Gasteiger partial charge is 0.137 e. The molecule has 2 aromatic heterocycles. The molecule has 0 bridgehead atoms. The molecule has 1 aromatic carbocycles. The van der Waals surface area contributed by atoms with Crippen molar-refractivity contribution in [2.24, 2.45) is 0 Å². The van der Waals surface area contributed by atoms with Crippen molar-refractivity contribution in [3.8, 4) is 5.75 Å². The summed E-state index contributed by atoms with van der Waals surface area (Å²) in [6.07, 6.45) is 3.86. The summed E-state index contributed by atoms with van der Waals surface area (Å²) in [7, 11) is 0. The summed E-state index contributed by atoms with van der Waals surface area (Å²) in [6, 6.07) is 10.3. The molecule has 0 N–H and O–H groups in total. The molecule has 0 radical (unpaired) electrons. The zero-order chi connectivity index (χ0) is 13.2. The van der Waals surface area contributed by atoms with Crippen LogP contribution in [0.5, 0.6) is 5.75 Å². The minimum Gasteiger partial charge on any atom is -0.487 e. The molecule has 19 heavy (non-hydrogen) atoms. The van der Waals surface area contributed by atoms with Crippen LogP contribution in [0.1, 0.15) is 11.3 Å². The standard InChI is InChI=1S/C15H13FN2O/c1-11-8-12(16)5-6-14(11)19-10-13-9-18-7-3-2-4-15(18)17-13/h2-9H,10H2,1H3. The highest BCUT2D eigenvalue weighted by Gasteiger charge is 2.04. The molecule has 4 heteroatoms. The first-order valence-electron chi connectivity index (χ1n) is 6.04. The molecule has 0 amide bonds. The first-order valence-corrected chi connectivity index (χ1v) is 6.04. The van der Waals surface area contributed by atoms with Gasteiger partial charge in [-0.15, -0.1) is 0 Å². The second-order valence-electron chi connectivity index (χ2n) is 4.40. The highest BCUT2D eigenvalue weighted by molar-refractivity contribution is 5.39. The second-order valence-corrected chi connectivity index (χ2v) is 4.40. The average molecular weight is 256 g/mol. The first kappa shape index (κ1) is 11.7. The van der Waals surface area contributed by atoms with Crippen molar-refractivity contribution in [2.45, 2.75) is 13.5 Å². The molecule has 0 fully saturated rings. The maximum absolute atomic E-state index is 13.0. The van der Waals surface area contributed by atoms with Crippen LogP contribution in [-0.4, -0.2) is 9.38 Å². The number of aromatic nitrogens is 2. The summed E-state index contributed by atoms with van der Waals surface area (Å²) in [5.74, 6) is 0.427. The Morgan fingerprint density at radius 2 is 2.16 bits per heavy atom. The highest BCUT2D eigenvalue weighted by Crippen LogP contribution is 2.19. The summed E-state index contributed by atoms with van der Waals surface area (Å²) in [5.41, 5.74) is 2.51. The number of imidazole rings is 1. The van der Waals surface area contributed by atoms with Gasteiger partial charge in [-0.05, 0) is 42.8 Å². The molecular formula is C15H13FN2O. The Morgan fingerprint density at radius 3 is 2.95 bits per heavy atom. The summed E-state index contributed by atoms with van der Waals surface area (Å²) in [5, 5.41) is 0. The van der Waals surface area contributed by atoms with Crippen LogP contribution in [0.3, 0.4) is 0 Å². The predicted molar refractivity (Wildman–Crippen MR) is 70.7 cm³/mol. The summed E-state index contributed by atoms with van der Waals surface area (Å²) < 4.78 is 20.6. The van der Waals surface area contributed by atoms with Crippen LogP contribution < -0.4 is 4.74 Å². The van der Waals surface area contributed by atoms with Gasteiger partial charge >= 0.3 is 0 Å². The van der Waals surface area contributed by atoms with Crippen molar-refractivity contribution in [1.29, 1.82) is 0 Å². The number of hydrogen-bond donors (Lipinski definition) is 0. The van der Waals surface area contributed by atoms with Crippen LogP contribution in [0, 0.1) is 12.7 Å². The number of nitrogens with zero attached hydrogens (tertiary/aromatic N) is 2. The molecular weight excluding hydrogens is 243 g/mol. The number of ether oxygens (including phenoxy) is 1. The Hall–Kier alpha value is -2.36. The highest BCUT2D eigenvalue weighted by atomic mass is 19.1. The van der Waals surface area contributed by atoms with Crippen molar-refractivity contribution in [3.63, 3.8) is 0 Å². The number of benzene rings is 1. The zero-order valence-electron chi connectivity index (χ0n) is 10.5. The van der Waals surface area contributed by atoms with Crippen LogP contribution >= 0.6 is 0 Å². The van der Waals surface area contributed by atoms with Crippen molar-refractivity contribution >= 4 is 5.65 Å². The summed E-state index contributed by atoms with van der Waals surface area (Å²) in [4.78, 5) is 4.44. The monoisotopic (exact) mass is 256 g/mol. The van der Waals surface area contributed by atoms with Crippen LogP contribution in [-0.2, 0) is 6.61 Å². The van der Waals surface area contributed by atoms with Gasteiger partial charge in [-0.3, -0.25) is 0 Å². The van der Waals surface area contributed by atoms with E-state index < -0.39 is 0 Å². The SMILES string of the molecule is Cc1cc(F)ccc1OCc1cn2ccccc2n1. The molecule has 0 spiro atoms. The van der Waals surface area contributed by atoms with E-state index in [1.54, 1.807) is 6.07 Å². The Balaban J connectivity index is 1.78. The topological polar surface area (TPSA) is 26.5 Å². The van der Waals surface area contributed by atoms with Crippen molar-refractivity contribution in [3.05, 3.63) is 65.9 Å². The third-order valence-corrected chi connectivity index (χ3v) is 2.93. The summed E-state index contributed by atoms with van der Waals surface area (Å²) >= 11 is 0. The minimum absolute atomic E-state index is 0.252. The lowest BCUT2D eigenvalue weighted by molar-refractivity contribution is 0.299. The lowest BCUT2D eigenvalue weighted by atomic mass is 10.2. The van der Waals surface area contributed by atoms with E-state index in [9.17, 15) is 4.39 Å². The van der Waals surface area contributed by atoms with Gasteiger partial charge in [-0.25, -0.2) is 9.37 Å². The molecule has 2 heterocycles. The average Bonchev–Trinajstić information content (AvgIpc) is 2.80. The van der Waals surface area contributed by atoms with E-state index in [0.29, 0.717) is 12.4 Å². The molecule has 0 aliphatic heterocycles. The number of rotatable bonds is 3. The van der Waals surface area contributed by atoms with Gasteiger partial charge < -0.3 is 9.14 Å². The van der Waals surface area contributed by atoms with E-state index in [4.69, 9.17) is 4.74 Å². The van der Waals surface area contributed by atoms with Gasteiger partial charge in [0.15, 0.2) is 0 Å². The predicted octanol–water partition coefficient (Wildman–Crippen LogP) is 3.36. The number of hydrogen-bond acceptors (Lipinski definition) is 2. The maximum Gasteiger partial charge on any atom is 0.137 e. The van der Waals surface area contributed by atoms with Crippen molar-refractivity contribution < 1.29 is 9.13 Å². The molecule has 0 saturated carbocycles. The molecule has 0 aliphatic rings. The molecule has 96 valence electrons. The van der Waals surface area contributed by atoms with E-state index in [-0.39, 0.29) is 5.82 Å². The zero-order valence-corrected chi connectivity index (χ0v) is 10.5. The van der Waals surface area contributed by atoms with Crippen LogP contribution in [0.4, 0.5) is 4.39 Å². The maximum atomic E-state index is 13.0. The fraction of sp³-hybridized carbons (Fsp3) is 0.133. The number of halogens is 1. The molecule has 0 atom stereocenters. The fourth-order valence-corrected chi connectivity index (χ4v) is 1.98. The van der Waals surface area contributed by atoms with E-state index in [2.05, 4.69) is 4.98 Å². The normalized spacial score (nSPS) is 10.8. The Kier molecular flexibility index (Phi) is 2.91. The second kappa shape index (κ2) is 4.72. The van der Waals surface area contributed by atoms with E-state index in [1.807, 2.05) is 41.9 Å². The van der Waals surface area contributed by atoms with Crippen molar-refractivity contribution in [1.82, 2.24) is 9.38 Å². The third-order valence-electron chi connectivity index (χ3n) is 2.93. The van der Waals surface area contributed by atoms with Gasteiger partial charge in [0, 0.05) is 12.4 Å². The molecule has 3 aromatic rings. The Bertz CT molecular complexity index is 688. The molecule has 0 unspecified atom stereocenters. The fourth-order valence-electron chi connectivity index (χ4n) is 1.98. The largest absolute Gasteiger partial charge is 0.487 e. The Morgan fingerprint density at radius 1 is 1.26 bits per heavy atom. The summed E-state index contributed by atoms with van der Waals surface area (Å²) in [6.45, 7) is 2.19. The minimum atomic E-state index is -0.252. The van der Waals surface area contributed by atoms with Gasteiger partial charge in [0.1, 0.15) is 23.8 Å². The quantitative estimate of drug-likeness (QED) is 0.718. The van der Waals surface area contributed by atoms with Gasteiger partial charge in [0.25, 0.3) is 0 Å². The molecule has 0 saturated heterocycles. The van der Waals surface area contributed by atoms with Gasteiger partial charge in [-0.1, -0.05) is 6.07 Å². The first-order chi connectivity index (χ1) is 9.22. The van der Waals surface area contributed by atoms with Gasteiger partial charge in [-0.2, -0.15) is 0 Å². The van der Waals surface area contributed by atoms with Gasteiger partial charge in [0.05, 0.1) is 5.69 Å². The lowest BCUT2D eigenvalue weighted by Gasteiger charge is -2.07. The van der Waals surface area contributed by atoms with E-state index in [1.165, 1.54) is 12.1 Å². The number of fused-ring (bicyclic) bond motifs is 1. The van der Waals surface area contributed by atoms with Crippen LogP contribution in [0.2, 0.25) is 0 Å². The molecule has 3 rings (SSSR count). The number of aryl methyl sites for hydroxylation is 1. The van der Waals surface area contributed by atoms with Gasteiger partial charge in [0.2, 0.25) is 0 Å². The number of pyridine rings is 1. The lowest BCUT2D eigenvalue weighted by Crippen LogP contribution is -1.97. The molecule has 3 nitrogen and oxygen atoms in total. The van der Waals surface area contributed by atoms with Crippen LogP contribution in [0.15, 0.2) is 48.8 Å². The Labute approximate surface area is 110 Å². The van der Waals surface area contributed by atoms with Crippen molar-refractivity contribution in [2.75, 3.05) is 0 Å². The molecule has 0 aliphatic carbocycles. The van der Waals surface area contributed by atoms with E-state index in [0.717, 1.165) is 16.9 Å².